The van der Waals surface area contributed by atoms with E-state index < -0.39 is 31.8 Å². The van der Waals surface area contributed by atoms with Crippen LogP contribution in [0.1, 0.15) is 213 Å². The second-order valence-corrected chi connectivity index (χ2v) is 19.2. The van der Waals surface area contributed by atoms with Gasteiger partial charge >= 0.3 is 7.60 Å². The fraction of sp³-hybridized carbons (Fsp3) is 0.889. The van der Waals surface area contributed by atoms with E-state index in [1.54, 1.807) is 4.57 Å². The first kappa shape index (κ1) is 51.5. The molecule has 1 fully saturated rings. The first-order valence-corrected chi connectivity index (χ1v) is 26.0. The Morgan fingerprint density at radius 1 is 0.797 bits per heavy atom. The highest BCUT2D eigenvalue weighted by molar-refractivity contribution is 7.52. The quantitative estimate of drug-likeness (QED) is 0.0213. The van der Waals surface area contributed by atoms with Gasteiger partial charge in [0.15, 0.2) is 17.5 Å². The Bertz CT molecular complexity index is 1440. The van der Waals surface area contributed by atoms with E-state index in [4.69, 9.17) is 15.0 Å². The molecule has 2 aromatic rings. The number of hydrogen-bond donors (Lipinski definition) is 6. The molecule has 13 nitrogen and oxygen atoms in total. The van der Waals surface area contributed by atoms with Crippen LogP contribution in [0.15, 0.2) is 11.1 Å². The van der Waals surface area contributed by atoms with Crippen molar-refractivity contribution in [2.24, 2.45) is 0 Å². The third kappa shape index (κ3) is 22.7. The molecule has 3 heterocycles. The Balaban J connectivity index is 1.35. The van der Waals surface area contributed by atoms with Crippen molar-refractivity contribution < 1.29 is 23.8 Å². The van der Waals surface area contributed by atoms with Gasteiger partial charge in [-0.25, -0.2) is 4.98 Å². The number of nitrogens with two attached hydrogens (primary N) is 1. The number of nitrogen functional groups attached to an aromatic ring is 1. The van der Waals surface area contributed by atoms with Crippen molar-refractivity contribution >= 4 is 24.7 Å². The van der Waals surface area contributed by atoms with Gasteiger partial charge in [0, 0.05) is 12.6 Å². The Hall–Kier alpha value is -1.86. The topological polar surface area (TPSA) is 190 Å². The summed E-state index contributed by atoms with van der Waals surface area (Å²) in [6.45, 7) is 6.71. The number of H-pyrrole nitrogens is 1. The molecule has 0 aliphatic carbocycles. The number of unbranched alkanes of at least 4 members (excludes halogenated alkanes) is 26. The fourth-order valence-electron chi connectivity index (χ4n) is 8.32. The first-order valence-electron chi connectivity index (χ1n) is 24.2. The van der Waals surface area contributed by atoms with Crippen molar-refractivity contribution in [2.75, 3.05) is 31.5 Å². The number of hydrogen-bond acceptors (Lipinski definition) is 10. The summed E-state index contributed by atoms with van der Waals surface area (Å²) >= 11 is 0. The van der Waals surface area contributed by atoms with Crippen LogP contribution >= 0.6 is 7.60 Å². The molecule has 59 heavy (non-hydrogen) atoms. The van der Waals surface area contributed by atoms with Crippen LogP contribution in [-0.2, 0) is 13.8 Å². The van der Waals surface area contributed by atoms with Gasteiger partial charge in [-0.05, 0) is 38.8 Å². The SMILES string of the molecule is CCCCCCCCCCCCCCCCNCC(CP(=O)(O)OC(O)[C@@H]1CC[C@H](n2cnc3c(=O)[nH]c(N)nc32)O1)NCCCCCCCCCCCCCCCC. The molecule has 3 rings (SSSR count). The number of imidazole rings is 1. The molecular formula is C45H86N7O6P. The summed E-state index contributed by atoms with van der Waals surface area (Å²) in [6, 6.07) is -0.282. The van der Waals surface area contributed by atoms with Crippen LogP contribution in [-0.4, -0.2) is 73.8 Å². The normalized spacial score (nSPS) is 17.8. The van der Waals surface area contributed by atoms with Gasteiger partial charge in [-0.15, -0.1) is 0 Å². The number of ether oxygens (including phenoxy) is 1. The molecular weight excluding hydrogens is 766 g/mol. The van der Waals surface area contributed by atoms with Crippen LogP contribution in [0.5, 0.6) is 0 Å². The minimum absolute atomic E-state index is 0.0371. The molecule has 0 bridgehead atoms. The lowest BCUT2D eigenvalue weighted by molar-refractivity contribution is -0.138. The third-order valence-corrected chi connectivity index (χ3v) is 13.3. The van der Waals surface area contributed by atoms with Gasteiger partial charge in [0.25, 0.3) is 5.56 Å². The van der Waals surface area contributed by atoms with Gasteiger partial charge in [-0.1, -0.05) is 181 Å². The van der Waals surface area contributed by atoms with E-state index in [9.17, 15) is 19.4 Å². The molecule has 0 spiro atoms. The van der Waals surface area contributed by atoms with E-state index in [1.807, 2.05) is 0 Å². The van der Waals surface area contributed by atoms with Gasteiger partial charge in [-0.2, -0.15) is 4.98 Å². The van der Waals surface area contributed by atoms with E-state index in [2.05, 4.69) is 39.4 Å². The molecule has 342 valence electrons. The lowest BCUT2D eigenvalue weighted by Gasteiger charge is -2.26. The molecule has 5 atom stereocenters. The summed E-state index contributed by atoms with van der Waals surface area (Å²) in [4.78, 5) is 34.0. The van der Waals surface area contributed by atoms with Crippen molar-refractivity contribution in [1.29, 1.82) is 0 Å². The monoisotopic (exact) mass is 852 g/mol. The summed E-state index contributed by atoms with van der Waals surface area (Å²) < 4.78 is 26.5. The standard InChI is InChI=1S/C45H86N7O6P/c1-3-5-7-9-11-13-15-17-19-21-23-25-27-29-33-47-35-38(48-34-30-28-26-24-22-20-18-16-14-12-10-8-6-4-2)36-59(55,56)58-44(54)39-31-32-40(57-39)52-37-49-41-42(52)50-45(46)51-43(41)53/h37-40,44,47-48,54H,3-36H2,1-2H3,(H,55,56)(H3,46,50,51,53)/t38?,39-,40+,44?/m0/s1. The predicted molar refractivity (Wildman–Crippen MR) is 243 cm³/mol. The number of anilines is 1. The van der Waals surface area contributed by atoms with Gasteiger partial charge < -0.3 is 31.1 Å². The summed E-state index contributed by atoms with van der Waals surface area (Å²) in [5, 5.41) is 18.0. The van der Waals surface area contributed by atoms with Crippen LogP contribution in [0.3, 0.4) is 0 Å². The zero-order valence-corrected chi connectivity index (χ0v) is 38.2. The Labute approximate surface area is 357 Å². The number of aromatic nitrogens is 4. The summed E-state index contributed by atoms with van der Waals surface area (Å²) in [7, 11) is -4.20. The number of aliphatic hydroxyl groups is 1. The molecule has 0 aromatic carbocycles. The number of nitrogens with one attached hydrogen (secondary N) is 3. The van der Waals surface area contributed by atoms with E-state index in [0.29, 0.717) is 19.4 Å². The predicted octanol–water partition coefficient (Wildman–Crippen LogP) is 10.4. The number of aromatic amines is 1. The Morgan fingerprint density at radius 2 is 1.27 bits per heavy atom. The van der Waals surface area contributed by atoms with Crippen molar-refractivity contribution in [2.45, 2.75) is 231 Å². The minimum atomic E-state index is -4.20. The highest BCUT2D eigenvalue weighted by Gasteiger charge is 2.37. The lowest BCUT2D eigenvalue weighted by Crippen LogP contribution is -2.42. The molecule has 14 heteroatoms. The van der Waals surface area contributed by atoms with Crippen molar-refractivity contribution in [1.82, 2.24) is 30.2 Å². The zero-order chi connectivity index (χ0) is 42.4. The average molecular weight is 852 g/mol. The van der Waals surface area contributed by atoms with Crippen LogP contribution < -0.4 is 21.9 Å². The maximum atomic E-state index is 13.5. The average Bonchev–Trinajstić information content (AvgIpc) is 3.87. The van der Waals surface area contributed by atoms with Crippen LogP contribution in [0.4, 0.5) is 5.95 Å². The zero-order valence-electron chi connectivity index (χ0n) is 37.3. The fourth-order valence-corrected chi connectivity index (χ4v) is 9.69. The smallest absolute Gasteiger partial charge is 0.332 e. The molecule has 0 amide bonds. The van der Waals surface area contributed by atoms with Gasteiger partial charge in [0.05, 0.1) is 12.5 Å². The summed E-state index contributed by atoms with van der Waals surface area (Å²) in [5.74, 6) is -0.0371. The van der Waals surface area contributed by atoms with E-state index >= 15 is 0 Å². The van der Waals surface area contributed by atoms with E-state index in [-0.39, 0.29) is 29.3 Å². The molecule has 3 unspecified atom stereocenters. The second-order valence-electron chi connectivity index (χ2n) is 17.3. The van der Waals surface area contributed by atoms with Crippen LogP contribution in [0.2, 0.25) is 0 Å². The number of aliphatic hydroxyl groups excluding tert-OH is 1. The largest absolute Gasteiger partial charge is 0.369 e. The van der Waals surface area contributed by atoms with Crippen molar-refractivity contribution in [3.63, 3.8) is 0 Å². The van der Waals surface area contributed by atoms with E-state index in [1.165, 1.54) is 167 Å². The van der Waals surface area contributed by atoms with Crippen LogP contribution in [0.25, 0.3) is 11.2 Å². The highest BCUT2D eigenvalue weighted by Crippen LogP contribution is 2.45. The van der Waals surface area contributed by atoms with Crippen molar-refractivity contribution in [3.05, 3.63) is 16.7 Å². The number of rotatable bonds is 39. The van der Waals surface area contributed by atoms with Gasteiger partial charge in [-0.3, -0.25) is 23.4 Å². The first-order chi connectivity index (χ1) is 28.7. The summed E-state index contributed by atoms with van der Waals surface area (Å²) in [6.07, 6.45) is 35.9. The molecule has 1 aliphatic rings. The maximum absolute atomic E-state index is 13.5. The number of fused-ring (bicyclic) bond motifs is 1. The molecule has 1 saturated heterocycles. The third-order valence-electron chi connectivity index (χ3n) is 11.9. The second kappa shape index (κ2) is 31.9. The van der Waals surface area contributed by atoms with Crippen molar-refractivity contribution in [3.8, 4) is 0 Å². The van der Waals surface area contributed by atoms with Gasteiger partial charge in [0.1, 0.15) is 12.3 Å². The highest BCUT2D eigenvalue weighted by atomic mass is 31.2. The van der Waals surface area contributed by atoms with Crippen LogP contribution in [0, 0.1) is 0 Å². The van der Waals surface area contributed by atoms with E-state index in [0.717, 1.165) is 32.4 Å². The summed E-state index contributed by atoms with van der Waals surface area (Å²) in [5.41, 5.74) is 5.70. The molecule has 0 radical (unpaired) electrons. The maximum Gasteiger partial charge on any atom is 0.332 e. The molecule has 2 aromatic heterocycles. The Kier molecular flexibility index (Phi) is 27.8. The van der Waals surface area contributed by atoms with Gasteiger partial charge in [0.2, 0.25) is 5.95 Å². The lowest BCUT2D eigenvalue weighted by atomic mass is 10.0. The molecule has 0 saturated carbocycles. The molecule has 7 N–H and O–H groups in total. The molecule has 1 aliphatic heterocycles. The number of nitrogens with zero attached hydrogens (tertiary/aromatic N) is 3. The minimum Gasteiger partial charge on any atom is -0.369 e. The Morgan fingerprint density at radius 3 is 1.78 bits per heavy atom.